The van der Waals surface area contributed by atoms with E-state index in [4.69, 9.17) is 0 Å². The summed E-state index contributed by atoms with van der Waals surface area (Å²) in [5.74, 6) is 0.225. The molecule has 2 amide bonds. The van der Waals surface area contributed by atoms with Gasteiger partial charge in [0.05, 0.1) is 5.25 Å². The monoisotopic (exact) mass is 340 g/mol. The Morgan fingerprint density at radius 2 is 1.71 bits per heavy atom. The Kier molecular flexibility index (Phi) is 5.20. The molecule has 0 aromatic heterocycles. The second-order valence-electron chi connectivity index (χ2n) is 5.91. The molecular weight excluding hydrogens is 320 g/mol. The highest BCUT2D eigenvalue weighted by atomic mass is 32.2. The minimum atomic E-state index is -0.236. The average Bonchev–Trinajstić information content (AvgIpc) is 3.41. The fourth-order valence-corrected chi connectivity index (χ4v) is 3.19. The number of anilines is 2. The molecule has 0 radical (unpaired) electrons. The van der Waals surface area contributed by atoms with Crippen molar-refractivity contribution in [3.63, 3.8) is 0 Å². The fraction of sp³-hybridized carbons (Fsp3) is 0.263. The minimum absolute atomic E-state index is 0.0429. The SMILES string of the molecule is CC(Sc1cccc(NC(=O)C2CC2)c1)C(=O)Nc1ccccc1. The van der Waals surface area contributed by atoms with Crippen LogP contribution in [0.3, 0.4) is 0 Å². The van der Waals surface area contributed by atoms with Gasteiger partial charge < -0.3 is 10.6 Å². The molecule has 5 heteroatoms. The molecular formula is C19H20N2O2S. The third-order valence-corrected chi connectivity index (χ3v) is 4.87. The molecule has 4 nitrogen and oxygen atoms in total. The highest BCUT2D eigenvalue weighted by molar-refractivity contribution is 8.00. The van der Waals surface area contributed by atoms with Gasteiger partial charge >= 0.3 is 0 Å². The number of carbonyl (C=O) groups excluding carboxylic acids is 2. The van der Waals surface area contributed by atoms with E-state index in [2.05, 4.69) is 10.6 Å². The van der Waals surface area contributed by atoms with E-state index in [1.807, 2.05) is 61.5 Å². The van der Waals surface area contributed by atoms with Crippen molar-refractivity contribution in [2.24, 2.45) is 5.92 Å². The van der Waals surface area contributed by atoms with Crippen LogP contribution < -0.4 is 10.6 Å². The molecule has 1 saturated carbocycles. The first kappa shape index (κ1) is 16.6. The van der Waals surface area contributed by atoms with Crippen LogP contribution in [-0.4, -0.2) is 17.1 Å². The number of hydrogen-bond donors (Lipinski definition) is 2. The van der Waals surface area contributed by atoms with Crippen LogP contribution >= 0.6 is 11.8 Å². The Labute approximate surface area is 146 Å². The molecule has 2 aromatic carbocycles. The maximum atomic E-state index is 12.3. The van der Waals surface area contributed by atoms with Crippen molar-refractivity contribution in [3.05, 3.63) is 54.6 Å². The molecule has 124 valence electrons. The van der Waals surface area contributed by atoms with Gasteiger partial charge in [0.25, 0.3) is 0 Å². The minimum Gasteiger partial charge on any atom is -0.326 e. The molecule has 1 unspecified atom stereocenters. The Bertz CT molecular complexity index is 729. The Balaban J connectivity index is 1.58. The molecule has 0 spiro atoms. The van der Waals surface area contributed by atoms with E-state index in [-0.39, 0.29) is 23.0 Å². The van der Waals surface area contributed by atoms with Crippen LogP contribution in [0, 0.1) is 5.92 Å². The molecule has 0 aliphatic heterocycles. The van der Waals surface area contributed by atoms with E-state index in [1.165, 1.54) is 11.8 Å². The second-order valence-corrected chi connectivity index (χ2v) is 7.32. The maximum absolute atomic E-state index is 12.3. The lowest BCUT2D eigenvalue weighted by Crippen LogP contribution is -2.22. The summed E-state index contributed by atoms with van der Waals surface area (Å²) in [6.07, 6.45) is 1.97. The van der Waals surface area contributed by atoms with Crippen molar-refractivity contribution in [2.45, 2.75) is 29.9 Å². The highest BCUT2D eigenvalue weighted by Gasteiger charge is 2.29. The molecule has 1 aliphatic carbocycles. The van der Waals surface area contributed by atoms with Gasteiger partial charge in [0.1, 0.15) is 0 Å². The number of thioether (sulfide) groups is 1. The van der Waals surface area contributed by atoms with Crippen LogP contribution in [0.25, 0.3) is 0 Å². The smallest absolute Gasteiger partial charge is 0.237 e. The number of benzene rings is 2. The van der Waals surface area contributed by atoms with E-state index < -0.39 is 0 Å². The number of amides is 2. The van der Waals surface area contributed by atoms with Crippen molar-refractivity contribution in [3.8, 4) is 0 Å². The average molecular weight is 340 g/mol. The van der Waals surface area contributed by atoms with Crippen LogP contribution in [0.2, 0.25) is 0 Å². The van der Waals surface area contributed by atoms with Gasteiger partial charge in [-0.2, -0.15) is 0 Å². The van der Waals surface area contributed by atoms with E-state index in [0.717, 1.165) is 29.1 Å². The van der Waals surface area contributed by atoms with Crippen LogP contribution in [0.15, 0.2) is 59.5 Å². The molecule has 0 heterocycles. The van der Waals surface area contributed by atoms with Crippen molar-refractivity contribution >= 4 is 35.0 Å². The molecule has 0 saturated heterocycles. The first-order chi connectivity index (χ1) is 11.6. The molecule has 0 bridgehead atoms. The topological polar surface area (TPSA) is 58.2 Å². The number of hydrogen-bond acceptors (Lipinski definition) is 3. The van der Waals surface area contributed by atoms with E-state index in [1.54, 1.807) is 0 Å². The summed E-state index contributed by atoms with van der Waals surface area (Å²) < 4.78 is 0. The summed E-state index contributed by atoms with van der Waals surface area (Å²) in [7, 11) is 0. The molecule has 2 N–H and O–H groups in total. The van der Waals surface area contributed by atoms with Crippen LogP contribution in [0.4, 0.5) is 11.4 Å². The first-order valence-corrected chi connectivity index (χ1v) is 8.93. The van der Waals surface area contributed by atoms with Crippen molar-refractivity contribution in [1.82, 2.24) is 0 Å². The standard InChI is InChI=1S/C19H20N2O2S/c1-13(18(22)20-15-6-3-2-4-7-15)24-17-9-5-8-16(12-17)21-19(23)14-10-11-14/h2-9,12-14H,10-11H2,1H3,(H,20,22)(H,21,23). The predicted molar refractivity (Wildman–Crippen MR) is 98.2 cm³/mol. The van der Waals surface area contributed by atoms with Crippen molar-refractivity contribution in [2.75, 3.05) is 10.6 Å². The quantitative estimate of drug-likeness (QED) is 0.777. The predicted octanol–water partition coefficient (Wildman–Crippen LogP) is 4.15. The van der Waals surface area contributed by atoms with Gasteiger partial charge in [-0.15, -0.1) is 11.8 Å². The lowest BCUT2D eigenvalue weighted by molar-refractivity contribution is -0.117. The van der Waals surface area contributed by atoms with Gasteiger partial charge in [-0.1, -0.05) is 24.3 Å². The zero-order valence-corrected chi connectivity index (χ0v) is 14.3. The zero-order valence-electron chi connectivity index (χ0n) is 13.5. The van der Waals surface area contributed by atoms with Gasteiger partial charge in [-0.3, -0.25) is 9.59 Å². The lowest BCUT2D eigenvalue weighted by atomic mass is 10.3. The summed E-state index contributed by atoms with van der Waals surface area (Å²) in [6.45, 7) is 1.87. The molecule has 3 rings (SSSR count). The van der Waals surface area contributed by atoms with Gasteiger partial charge in [-0.05, 0) is 50.1 Å². The van der Waals surface area contributed by atoms with Crippen LogP contribution in [0.5, 0.6) is 0 Å². The summed E-state index contributed by atoms with van der Waals surface area (Å²) in [6, 6.07) is 17.0. The van der Waals surface area contributed by atoms with E-state index in [9.17, 15) is 9.59 Å². The normalized spacial score (nSPS) is 14.7. The van der Waals surface area contributed by atoms with Crippen molar-refractivity contribution in [1.29, 1.82) is 0 Å². The number of carbonyl (C=O) groups is 2. The van der Waals surface area contributed by atoms with Gasteiger partial charge in [0, 0.05) is 22.2 Å². The van der Waals surface area contributed by atoms with Gasteiger partial charge in [0.15, 0.2) is 0 Å². The summed E-state index contributed by atoms with van der Waals surface area (Å²) in [5.41, 5.74) is 1.58. The van der Waals surface area contributed by atoms with Crippen LogP contribution in [0.1, 0.15) is 19.8 Å². The fourth-order valence-electron chi connectivity index (χ4n) is 2.26. The highest BCUT2D eigenvalue weighted by Crippen LogP contribution is 2.31. The number of nitrogens with one attached hydrogen (secondary N) is 2. The van der Waals surface area contributed by atoms with Crippen molar-refractivity contribution < 1.29 is 9.59 Å². The Morgan fingerprint density at radius 3 is 2.42 bits per heavy atom. The zero-order chi connectivity index (χ0) is 16.9. The van der Waals surface area contributed by atoms with Crippen LogP contribution in [-0.2, 0) is 9.59 Å². The van der Waals surface area contributed by atoms with Gasteiger partial charge in [-0.25, -0.2) is 0 Å². The molecule has 1 aliphatic rings. The lowest BCUT2D eigenvalue weighted by Gasteiger charge is -2.13. The molecule has 1 atom stereocenters. The second kappa shape index (κ2) is 7.53. The largest absolute Gasteiger partial charge is 0.326 e. The van der Waals surface area contributed by atoms with E-state index in [0.29, 0.717) is 0 Å². The maximum Gasteiger partial charge on any atom is 0.237 e. The Hall–Kier alpha value is -2.27. The Morgan fingerprint density at radius 1 is 1.00 bits per heavy atom. The first-order valence-electron chi connectivity index (χ1n) is 8.05. The number of para-hydroxylation sites is 1. The summed E-state index contributed by atoms with van der Waals surface area (Å²) in [4.78, 5) is 25.1. The summed E-state index contributed by atoms with van der Waals surface area (Å²) >= 11 is 1.47. The molecule has 2 aromatic rings. The molecule has 1 fully saturated rings. The number of rotatable bonds is 6. The third kappa shape index (κ3) is 4.61. The molecule has 24 heavy (non-hydrogen) atoms. The van der Waals surface area contributed by atoms with E-state index >= 15 is 0 Å². The summed E-state index contributed by atoms with van der Waals surface area (Å²) in [5, 5.41) is 5.60. The third-order valence-electron chi connectivity index (χ3n) is 3.77. The van der Waals surface area contributed by atoms with Gasteiger partial charge in [0.2, 0.25) is 11.8 Å².